The summed E-state index contributed by atoms with van der Waals surface area (Å²) in [4.78, 5) is 16.5. The lowest BCUT2D eigenvalue weighted by atomic mass is 10.3. The quantitative estimate of drug-likeness (QED) is 0.832. The van der Waals surface area contributed by atoms with Crippen LogP contribution in [0, 0.1) is 0 Å². The van der Waals surface area contributed by atoms with Gasteiger partial charge in [-0.1, -0.05) is 18.5 Å². The molecule has 1 amide bonds. The van der Waals surface area contributed by atoms with Crippen molar-refractivity contribution < 1.29 is 4.79 Å². The maximum absolute atomic E-state index is 12.3. The molecule has 5 nitrogen and oxygen atoms in total. The third kappa shape index (κ3) is 2.67. The molecular weight excluding hydrogens is 252 g/mol. The molecule has 0 bridgehead atoms. The Morgan fingerprint density at radius 2 is 1.94 bits per heavy atom. The summed E-state index contributed by atoms with van der Waals surface area (Å²) in [6.07, 6.45) is 1.71. The number of aryl methyl sites for hydroxylation is 1. The van der Waals surface area contributed by atoms with Crippen molar-refractivity contribution in [2.45, 2.75) is 20.4 Å². The van der Waals surface area contributed by atoms with Gasteiger partial charge < -0.3 is 9.80 Å². The van der Waals surface area contributed by atoms with E-state index in [9.17, 15) is 4.79 Å². The number of rotatable bonds is 3. The molecule has 6 heteroatoms. The van der Waals surface area contributed by atoms with Crippen molar-refractivity contribution in [3.8, 4) is 0 Å². The fraction of sp³-hybridized carbons (Fsp3) is 0.667. The van der Waals surface area contributed by atoms with E-state index in [4.69, 9.17) is 11.6 Å². The zero-order valence-electron chi connectivity index (χ0n) is 10.9. The fourth-order valence-electron chi connectivity index (χ4n) is 2.12. The van der Waals surface area contributed by atoms with Gasteiger partial charge in [0.25, 0.3) is 5.91 Å². The number of piperazine rings is 1. The highest BCUT2D eigenvalue weighted by Gasteiger charge is 2.25. The lowest BCUT2D eigenvalue weighted by Crippen LogP contribution is -2.48. The average Bonchev–Trinajstić information content (AvgIpc) is 2.79. The molecule has 1 aromatic rings. The third-order valence-corrected chi connectivity index (χ3v) is 3.63. The van der Waals surface area contributed by atoms with Crippen molar-refractivity contribution in [1.82, 2.24) is 19.6 Å². The normalized spacial score (nSPS) is 17.2. The Kier molecular flexibility index (Phi) is 4.24. The summed E-state index contributed by atoms with van der Waals surface area (Å²) in [5, 5.41) is 4.67. The second kappa shape index (κ2) is 5.71. The van der Waals surface area contributed by atoms with E-state index in [-0.39, 0.29) is 5.91 Å². The molecule has 18 heavy (non-hydrogen) atoms. The Labute approximate surface area is 112 Å². The minimum atomic E-state index is -0.0528. The van der Waals surface area contributed by atoms with Crippen LogP contribution in [0.5, 0.6) is 0 Å². The molecule has 0 atom stereocenters. The minimum Gasteiger partial charge on any atom is -0.335 e. The lowest BCUT2D eigenvalue weighted by Gasteiger charge is -2.33. The molecule has 1 saturated heterocycles. The molecule has 0 unspecified atom stereocenters. The molecule has 1 aromatic heterocycles. The fourth-order valence-corrected chi connectivity index (χ4v) is 2.35. The summed E-state index contributed by atoms with van der Waals surface area (Å²) >= 11 is 6.05. The summed E-state index contributed by atoms with van der Waals surface area (Å²) in [6.45, 7) is 9.21. The standard InChI is InChI=1S/C12H19ClN4O/c1-3-15-5-7-16(8-6-15)12(18)11-10(13)9-17(4-2)14-11/h9H,3-8H2,1-2H3. The van der Waals surface area contributed by atoms with E-state index in [1.54, 1.807) is 10.9 Å². The summed E-state index contributed by atoms with van der Waals surface area (Å²) in [6, 6.07) is 0. The van der Waals surface area contributed by atoms with Crippen LogP contribution in [0.4, 0.5) is 0 Å². The Morgan fingerprint density at radius 3 is 2.44 bits per heavy atom. The summed E-state index contributed by atoms with van der Waals surface area (Å²) in [5.41, 5.74) is 0.378. The monoisotopic (exact) mass is 270 g/mol. The Hall–Kier alpha value is -1.07. The third-order valence-electron chi connectivity index (χ3n) is 3.35. The number of nitrogens with zero attached hydrogens (tertiary/aromatic N) is 4. The van der Waals surface area contributed by atoms with Crippen molar-refractivity contribution >= 4 is 17.5 Å². The first-order chi connectivity index (χ1) is 8.65. The topological polar surface area (TPSA) is 41.4 Å². The molecule has 2 heterocycles. The van der Waals surface area contributed by atoms with E-state index >= 15 is 0 Å². The SMILES string of the molecule is CCN1CCN(C(=O)c2nn(CC)cc2Cl)CC1. The van der Waals surface area contributed by atoms with Crippen LogP contribution in [0.1, 0.15) is 24.3 Å². The van der Waals surface area contributed by atoms with Gasteiger partial charge in [0.1, 0.15) is 0 Å². The van der Waals surface area contributed by atoms with Gasteiger partial charge in [0.15, 0.2) is 5.69 Å². The zero-order valence-corrected chi connectivity index (χ0v) is 11.7. The van der Waals surface area contributed by atoms with Crippen molar-refractivity contribution in [3.05, 3.63) is 16.9 Å². The van der Waals surface area contributed by atoms with E-state index < -0.39 is 0 Å². The van der Waals surface area contributed by atoms with E-state index in [1.165, 1.54) is 0 Å². The molecule has 0 radical (unpaired) electrons. The van der Waals surface area contributed by atoms with Crippen molar-refractivity contribution in [1.29, 1.82) is 0 Å². The number of aromatic nitrogens is 2. The summed E-state index contributed by atoms with van der Waals surface area (Å²) in [5.74, 6) is -0.0528. The number of carbonyl (C=O) groups excluding carboxylic acids is 1. The Balaban J connectivity index is 2.05. The summed E-state index contributed by atoms with van der Waals surface area (Å²) in [7, 11) is 0. The lowest BCUT2D eigenvalue weighted by molar-refractivity contribution is 0.0637. The predicted molar refractivity (Wildman–Crippen MR) is 70.9 cm³/mol. The molecule has 0 aliphatic carbocycles. The molecule has 0 aromatic carbocycles. The van der Waals surface area contributed by atoms with Gasteiger partial charge in [-0.15, -0.1) is 0 Å². The van der Waals surface area contributed by atoms with Crippen LogP contribution >= 0.6 is 11.6 Å². The van der Waals surface area contributed by atoms with E-state index in [2.05, 4.69) is 16.9 Å². The van der Waals surface area contributed by atoms with E-state index in [1.807, 2.05) is 11.8 Å². The number of halogens is 1. The molecular formula is C12H19ClN4O. The number of likely N-dealkylation sites (N-methyl/N-ethyl adjacent to an activating group) is 1. The highest BCUT2D eigenvalue weighted by molar-refractivity contribution is 6.33. The van der Waals surface area contributed by atoms with Gasteiger partial charge in [-0.2, -0.15) is 5.10 Å². The Morgan fingerprint density at radius 1 is 1.28 bits per heavy atom. The number of hydrogen-bond donors (Lipinski definition) is 0. The number of carbonyl (C=O) groups is 1. The Bertz CT molecular complexity index is 424. The number of amides is 1. The summed E-state index contributed by atoms with van der Waals surface area (Å²) < 4.78 is 1.69. The van der Waals surface area contributed by atoms with Gasteiger partial charge in [0, 0.05) is 38.9 Å². The van der Waals surface area contributed by atoms with E-state index in [0.29, 0.717) is 10.7 Å². The highest BCUT2D eigenvalue weighted by Crippen LogP contribution is 2.17. The van der Waals surface area contributed by atoms with Gasteiger partial charge in [-0.3, -0.25) is 9.48 Å². The first-order valence-electron chi connectivity index (χ1n) is 6.40. The zero-order chi connectivity index (χ0) is 13.1. The minimum absolute atomic E-state index is 0.0528. The molecule has 100 valence electrons. The van der Waals surface area contributed by atoms with Gasteiger partial charge in [-0.05, 0) is 13.5 Å². The largest absolute Gasteiger partial charge is 0.335 e. The van der Waals surface area contributed by atoms with Crippen LogP contribution in [-0.4, -0.2) is 58.2 Å². The van der Waals surface area contributed by atoms with Crippen LogP contribution in [-0.2, 0) is 6.54 Å². The predicted octanol–water partition coefficient (Wildman–Crippen LogP) is 1.33. The van der Waals surface area contributed by atoms with Gasteiger partial charge in [0.2, 0.25) is 0 Å². The van der Waals surface area contributed by atoms with Crippen LogP contribution in [0.25, 0.3) is 0 Å². The van der Waals surface area contributed by atoms with Crippen LogP contribution in [0.3, 0.4) is 0 Å². The van der Waals surface area contributed by atoms with Gasteiger partial charge >= 0.3 is 0 Å². The molecule has 1 aliphatic rings. The maximum atomic E-state index is 12.3. The second-order valence-electron chi connectivity index (χ2n) is 4.41. The first-order valence-corrected chi connectivity index (χ1v) is 6.78. The highest BCUT2D eigenvalue weighted by atomic mass is 35.5. The maximum Gasteiger partial charge on any atom is 0.276 e. The molecule has 0 N–H and O–H groups in total. The average molecular weight is 271 g/mol. The van der Waals surface area contributed by atoms with Crippen LogP contribution < -0.4 is 0 Å². The smallest absolute Gasteiger partial charge is 0.276 e. The van der Waals surface area contributed by atoms with Crippen LogP contribution in [0.15, 0.2) is 6.20 Å². The van der Waals surface area contributed by atoms with Crippen molar-refractivity contribution in [3.63, 3.8) is 0 Å². The van der Waals surface area contributed by atoms with Crippen LogP contribution in [0.2, 0.25) is 5.02 Å². The van der Waals surface area contributed by atoms with Crippen molar-refractivity contribution in [2.75, 3.05) is 32.7 Å². The number of hydrogen-bond acceptors (Lipinski definition) is 3. The van der Waals surface area contributed by atoms with Gasteiger partial charge in [0.05, 0.1) is 5.02 Å². The van der Waals surface area contributed by atoms with E-state index in [0.717, 1.165) is 39.3 Å². The molecule has 0 saturated carbocycles. The van der Waals surface area contributed by atoms with Crippen molar-refractivity contribution in [2.24, 2.45) is 0 Å². The van der Waals surface area contributed by atoms with Gasteiger partial charge in [-0.25, -0.2) is 0 Å². The second-order valence-corrected chi connectivity index (χ2v) is 4.81. The molecule has 0 spiro atoms. The molecule has 1 fully saturated rings. The molecule has 1 aliphatic heterocycles. The molecule has 2 rings (SSSR count). The first kappa shape index (κ1) is 13.4.